The van der Waals surface area contributed by atoms with Crippen LogP contribution in [0.4, 0.5) is 0 Å². The third-order valence-corrected chi connectivity index (χ3v) is 5.43. The van der Waals surface area contributed by atoms with Gasteiger partial charge in [0.25, 0.3) is 5.22 Å². The molecule has 1 saturated carbocycles. The van der Waals surface area contributed by atoms with Gasteiger partial charge < -0.3 is 9.73 Å². The summed E-state index contributed by atoms with van der Waals surface area (Å²) in [7, 11) is 0. The molecule has 1 aromatic carbocycles. The van der Waals surface area contributed by atoms with Crippen molar-refractivity contribution in [2.75, 3.05) is 0 Å². The predicted molar refractivity (Wildman–Crippen MR) is 98.5 cm³/mol. The fraction of sp³-hybridized carbons (Fsp3) is 0.526. The van der Waals surface area contributed by atoms with E-state index in [9.17, 15) is 4.79 Å². The maximum atomic E-state index is 12.4. The van der Waals surface area contributed by atoms with Gasteiger partial charge in [-0.15, -0.1) is 10.2 Å². The molecular weight excluding hydrogens is 334 g/mol. The number of nitrogens with zero attached hydrogens (tertiary/aromatic N) is 2. The highest BCUT2D eigenvalue weighted by molar-refractivity contribution is 8.00. The third-order valence-electron chi connectivity index (χ3n) is 4.49. The SMILES string of the molecule is C[C@@H](Sc1nnc(Cc2ccccc2)o1)C(=O)NC1CCCCCC1. The third kappa shape index (κ3) is 5.59. The molecule has 0 spiro atoms. The van der Waals surface area contributed by atoms with Gasteiger partial charge in [0.05, 0.1) is 11.7 Å². The molecule has 1 amide bonds. The lowest BCUT2D eigenvalue weighted by Gasteiger charge is -2.18. The second-order valence-electron chi connectivity index (χ2n) is 6.58. The summed E-state index contributed by atoms with van der Waals surface area (Å²) in [4.78, 5) is 12.4. The fourth-order valence-electron chi connectivity index (χ4n) is 3.07. The molecule has 0 aliphatic heterocycles. The summed E-state index contributed by atoms with van der Waals surface area (Å²) in [5, 5.41) is 11.5. The van der Waals surface area contributed by atoms with Gasteiger partial charge in [-0.1, -0.05) is 67.8 Å². The maximum Gasteiger partial charge on any atom is 0.277 e. The zero-order chi connectivity index (χ0) is 17.5. The molecule has 1 aliphatic rings. The Bertz CT molecular complexity index is 666. The van der Waals surface area contributed by atoms with E-state index in [0.29, 0.717) is 23.6 Å². The summed E-state index contributed by atoms with van der Waals surface area (Å²) in [6, 6.07) is 10.3. The van der Waals surface area contributed by atoms with Gasteiger partial charge in [-0.2, -0.15) is 0 Å². The van der Waals surface area contributed by atoms with Crippen molar-refractivity contribution in [3.8, 4) is 0 Å². The van der Waals surface area contributed by atoms with Crippen LogP contribution in [0.25, 0.3) is 0 Å². The van der Waals surface area contributed by atoms with Crippen LogP contribution in [-0.4, -0.2) is 27.4 Å². The summed E-state index contributed by atoms with van der Waals surface area (Å²) in [5.41, 5.74) is 1.13. The number of thioether (sulfide) groups is 1. The van der Waals surface area contributed by atoms with E-state index in [4.69, 9.17) is 4.42 Å². The van der Waals surface area contributed by atoms with Crippen molar-refractivity contribution in [2.24, 2.45) is 0 Å². The van der Waals surface area contributed by atoms with Crippen LogP contribution in [0.5, 0.6) is 0 Å². The Morgan fingerprint density at radius 1 is 1.20 bits per heavy atom. The van der Waals surface area contributed by atoms with E-state index in [0.717, 1.165) is 18.4 Å². The molecule has 1 fully saturated rings. The molecule has 134 valence electrons. The first-order chi connectivity index (χ1) is 12.2. The Balaban J connectivity index is 1.50. The minimum atomic E-state index is -0.242. The van der Waals surface area contributed by atoms with Crippen molar-refractivity contribution >= 4 is 17.7 Å². The quantitative estimate of drug-likeness (QED) is 0.624. The van der Waals surface area contributed by atoms with Crippen LogP contribution in [0.15, 0.2) is 40.0 Å². The smallest absolute Gasteiger partial charge is 0.277 e. The first-order valence-corrected chi connectivity index (χ1v) is 9.92. The van der Waals surface area contributed by atoms with E-state index in [1.54, 1.807) is 0 Å². The van der Waals surface area contributed by atoms with Crippen molar-refractivity contribution in [3.63, 3.8) is 0 Å². The highest BCUT2D eigenvalue weighted by Crippen LogP contribution is 2.24. The molecule has 3 rings (SSSR count). The molecule has 1 N–H and O–H groups in total. The van der Waals surface area contributed by atoms with Crippen LogP contribution in [0.3, 0.4) is 0 Å². The number of nitrogens with one attached hydrogen (secondary N) is 1. The zero-order valence-electron chi connectivity index (χ0n) is 14.6. The molecule has 25 heavy (non-hydrogen) atoms. The predicted octanol–water partition coefficient (Wildman–Crippen LogP) is 3.98. The first-order valence-electron chi connectivity index (χ1n) is 9.04. The minimum absolute atomic E-state index is 0.0553. The standard InChI is InChI=1S/C19H25N3O2S/c1-14(18(23)20-16-11-7-2-3-8-12-16)25-19-22-21-17(24-19)13-15-9-5-4-6-10-15/h4-6,9-10,14,16H,2-3,7-8,11-13H2,1H3,(H,20,23)/t14-/m1/s1. The number of aromatic nitrogens is 2. The Hall–Kier alpha value is -1.82. The van der Waals surface area contributed by atoms with Crippen LogP contribution < -0.4 is 5.32 Å². The van der Waals surface area contributed by atoms with Gasteiger partial charge in [-0.3, -0.25) is 4.79 Å². The summed E-state index contributed by atoms with van der Waals surface area (Å²) in [5.74, 6) is 0.629. The second kappa shape index (κ2) is 9.04. The van der Waals surface area contributed by atoms with Crippen molar-refractivity contribution in [1.82, 2.24) is 15.5 Å². The van der Waals surface area contributed by atoms with Crippen LogP contribution in [0.2, 0.25) is 0 Å². The van der Waals surface area contributed by atoms with E-state index < -0.39 is 0 Å². The van der Waals surface area contributed by atoms with E-state index in [1.807, 2.05) is 37.3 Å². The maximum absolute atomic E-state index is 12.4. The van der Waals surface area contributed by atoms with Crippen molar-refractivity contribution in [1.29, 1.82) is 0 Å². The average Bonchev–Trinajstić information content (AvgIpc) is 2.89. The molecule has 1 aliphatic carbocycles. The van der Waals surface area contributed by atoms with E-state index in [1.165, 1.54) is 37.4 Å². The van der Waals surface area contributed by atoms with Crippen molar-refractivity contribution in [3.05, 3.63) is 41.8 Å². The first kappa shape index (κ1) is 18.0. The Morgan fingerprint density at radius 2 is 1.92 bits per heavy atom. The van der Waals surface area contributed by atoms with Gasteiger partial charge in [-0.25, -0.2) is 0 Å². The number of benzene rings is 1. The molecule has 0 radical (unpaired) electrons. The van der Waals surface area contributed by atoms with Crippen molar-refractivity contribution < 1.29 is 9.21 Å². The highest BCUT2D eigenvalue weighted by Gasteiger charge is 2.21. The van der Waals surface area contributed by atoms with Crippen LogP contribution >= 0.6 is 11.8 Å². The fourth-order valence-corrected chi connectivity index (χ4v) is 3.78. The number of hydrogen-bond acceptors (Lipinski definition) is 5. The molecule has 1 heterocycles. The molecule has 5 nitrogen and oxygen atoms in total. The lowest BCUT2D eigenvalue weighted by atomic mass is 10.1. The molecule has 6 heteroatoms. The molecular formula is C19H25N3O2S. The van der Waals surface area contributed by atoms with Crippen LogP contribution in [0.1, 0.15) is 56.9 Å². The average molecular weight is 359 g/mol. The molecule has 0 bridgehead atoms. The summed E-state index contributed by atoms with van der Waals surface area (Å²) >= 11 is 1.32. The number of rotatable bonds is 6. The zero-order valence-corrected chi connectivity index (χ0v) is 15.4. The lowest BCUT2D eigenvalue weighted by Crippen LogP contribution is -2.39. The van der Waals surface area contributed by atoms with Gasteiger partial charge in [0.15, 0.2) is 0 Å². The lowest BCUT2D eigenvalue weighted by molar-refractivity contribution is -0.121. The number of carbonyl (C=O) groups excluding carboxylic acids is 1. The van der Waals surface area contributed by atoms with E-state index in [2.05, 4.69) is 15.5 Å². The topological polar surface area (TPSA) is 68.0 Å². The largest absolute Gasteiger partial charge is 0.416 e. The highest BCUT2D eigenvalue weighted by atomic mass is 32.2. The van der Waals surface area contributed by atoms with Gasteiger partial charge in [0.2, 0.25) is 11.8 Å². The monoisotopic (exact) mass is 359 g/mol. The van der Waals surface area contributed by atoms with Gasteiger partial charge in [0, 0.05) is 6.04 Å². The second-order valence-corrected chi connectivity index (χ2v) is 7.87. The Kier molecular flexibility index (Phi) is 6.50. The molecule has 0 saturated heterocycles. The van der Waals surface area contributed by atoms with Crippen molar-refractivity contribution in [2.45, 2.75) is 68.4 Å². The molecule has 0 unspecified atom stereocenters. The number of carbonyl (C=O) groups is 1. The summed E-state index contributed by atoms with van der Waals surface area (Å²) in [6.07, 6.45) is 7.76. The minimum Gasteiger partial charge on any atom is -0.416 e. The van der Waals surface area contributed by atoms with Crippen LogP contribution in [0, 0.1) is 0 Å². The molecule has 2 aromatic rings. The summed E-state index contributed by atoms with van der Waals surface area (Å²) in [6.45, 7) is 1.89. The van der Waals surface area contributed by atoms with Gasteiger partial charge in [-0.05, 0) is 25.3 Å². The molecule has 1 atom stereocenters. The Labute approximate surface area is 153 Å². The van der Waals surface area contributed by atoms with Crippen LogP contribution in [-0.2, 0) is 11.2 Å². The Morgan fingerprint density at radius 3 is 2.64 bits per heavy atom. The van der Waals surface area contributed by atoms with Gasteiger partial charge in [0.1, 0.15) is 0 Å². The number of hydrogen-bond donors (Lipinski definition) is 1. The van der Waals surface area contributed by atoms with E-state index >= 15 is 0 Å². The van der Waals surface area contributed by atoms with Gasteiger partial charge >= 0.3 is 0 Å². The normalized spacial score (nSPS) is 17.0. The number of amides is 1. The summed E-state index contributed by atoms with van der Waals surface area (Å²) < 4.78 is 5.68. The van der Waals surface area contributed by atoms with E-state index in [-0.39, 0.29) is 11.2 Å². The molecule has 1 aromatic heterocycles.